The van der Waals surface area contributed by atoms with E-state index in [4.69, 9.17) is 4.74 Å². The molecule has 1 aromatic heterocycles. The smallest absolute Gasteiger partial charge is 0.146 e. The Morgan fingerprint density at radius 1 is 1.53 bits per heavy atom. The van der Waals surface area contributed by atoms with Crippen LogP contribution in [-0.2, 0) is 4.74 Å². The Labute approximate surface area is 115 Å². The van der Waals surface area contributed by atoms with Gasteiger partial charge in [-0.05, 0) is 24.5 Å². The van der Waals surface area contributed by atoms with E-state index >= 15 is 0 Å². The van der Waals surface area contributed by atoms with Crippen molar-refractivity contribution < 1.29 is 4.74 Å². The van der Waals surface area contributed by atoms with Gasteiger partial charge < -0.3 is 9.64 Å². The van der Waals surface area contributed by atoms with E-state index in [1.807, 2.05) is 12.1 Å². The highest BCUT2D eigenvalue weighted by molar-refractivity contribution is 5.55. The Balaban J connectivity index is 2.31. The Hall–Kier alpha value is -1.60. The molecule has 1 aliphatic rings. The maximum Gasteiger partial charge on any atom is 0.146 e. The quantitative estimate of drug-likeness (QED) is 0.837. The predicted molar refractivity (Wildman–Crippen MR) is 75.3 cm³/mol. The third-order valence-electron chi connectivity index (χ3n) is 3.50. The van der Waals surface area contributed by atoms with Crippen molar-refractivity contribution in [2.75, 3.05) is 24.6 Å². The van der Waals surface area contributed by atoms with Crippen molar-refractivity contribution in [3.63, 3.8) is 0 Å². The first-order chi connectivity index (χ1) is 9.15. The molecule has 2 rings (SSSR count). The summed E-state index contributed by atoms with van der Waals surface area (Å²) in [5.41, 5.74) is 1.69. The molecule has 0 saturated carbocycles. The zero-order chi connectivity index (χ0) is 13.8. The highest BCUT2D eigenvalue weighted by Crippen LogP contribution is 2.23. The van der Waals surface area contributed by atoms with E-state index in [0.717, 1.165) is 31.0 Å². The van der Waals surface area contributed by atoms with Crippen LogP contribution in [0.25, 0.3) is 0 Å². The Morgan fingerprint density at radius 3 is 2.95 bits per heavy atom. The second kappa shape index (κ2) is 6.03. The van der Waals surface area contributed by atoms with Crippen LogP contribution in [0.4, 0.5) is 5.82 Å². The fourth-order valence-electron chi connectivity index (χ4n) is 2.27. The largest absolute Gasteiger partial charge is 0.375 e. The van der Waals surface area contributed by atoms with Gasteiger partial charge in [0.1, 0.15) is 11.9 Å². The number of nitriles is 1. The van der Waals surface area contributed by atoms with Crippen molar-refractivity contribution >= 4 is 5.82 Å². The van der Waals surface area contributed by atoms with Gasteiger partial charge in [0.2, 0.25) is 0 Å². The highest BCUT2D eigenvalue weighted by Gasteiger charge is 2.22. The SMILES string of the molecule is CC[C@@H]1CN(c2nc(C(C)C)ccc2C#N)CCO1. The molecule has 0 radical (unpaired) electrons. The lowest BCUT2D eigenvalue weighted by molar-refractivity contribution is 0.0381. The summed E-state index contributed by atoms with van der Waals surface area (Å²) in [6.07, 6.45) is 1.23. The van der Waals surface area contributed by atoms with E-state index in [-0.39, 0.29) is 6.10 Å². The lowest BCUT2D eigenvalue weighted by Gasteiger charge is -2.34. The average Bonchev–Trinajstić information content (AvgIpc) is 2.46. The summed E-state index contributed by atoms with van der Waals surface area (Å²) >= 11 is 0. The van der Waals surface area contributed by atoms with Crippen molar-refractivity contribution in [2.45, 2.75) is 39.2 Å². The maximum atomic E-state index is 9.25. The molecule has 19 heavy (non-hydrogen) atoms. The molecule has 1 saturated heterocycles. The van der Waals surface area contributed by atoms with Crippen molar-refractivity contribution in [3.8, 4) is 6.07 Å². The summed E-state index contributed by atoms with van der Waals surface area (Å²) in [5.74, 6) is 1.19. The summed E-state index contributed by atoms with van der Waals surface area (Å²) in [4.78, 5) is 6.87. The summed E-state index contributed by atoms with van der Waals surface area (Å²) in [6.45, 7) is 8.69. The van der Waals surface area contributed by atoms with Crippen LogP contribution in [-0.4, -0.2) is 30.8 Å². The number of morpholine rings is 1. The number of hydrogen-bond acceptors (Lipinski definition) is 4. The molecule has 0 aromatic carbocycles. The molecule has 4 nitrogen and oxygen atoms in total. The van der Waals surface area contributed by atoms with Gasteiger partial charge in [0, 0.05) is 18.8 Å². The van der Waals surface area contributed by atoms with Crippen LogP contribution in [0.3, 0.4) is 0 Å². The normalized spacial score (nSPS) is 19.5. The molecular formula is C15H21N3O. The molecule has 102 valence electrons. The molecule has 1 aromatic rings. The molecule has 0 unspecified atom stereocenters. The molecule has 1 fully saturated rings. The monoisotopic (exact) mass is 259 g/mol. The van der Waals surface area contributed by atoms with Gasteiger partial charge in [-0.25, -0.2) is 4.98 Å². The summed E-state index contributed by atoms with van der Waals surface area (Å²) in [5, 5.41) is 9.25. The molecule has 4 heteroatoms. The number of pyridine rings is 1. The number of aromatic nitrogens is 1. The maximum absolute atomic E-state index is 9.25. The van der Waals surface area contributed by atoms with Gasteiger partial charge in [0.25, 0.3) is 0 Å². The van der Waals surface area contributed by atoms with Crippen molar-refractivity contribution in [3.05, 3.63) is 23.4 Å². The zero-order valence-corrected chi connectivity index (χ0v) is 11.9. The molecule has 0 aliphatic carbocycles. The number of anilines is 1. The number of hydrogen-bond donors (Lipinski definition) is 0. The molecule has 0 N–H and O–H groups in total. The van der Waals surface area contributed by atoms with Crippen LogP contribution in [0.15, 0.2) is 12.1 Å². The van der Waals surface area contributed by atoms with Crippen molar-refractivity contribution in [1.29, 1.82) is 5.26 Å². The average molecular weight is 259 g/mol. The highest BCUT2D eigenvalue weighted by atomic mass is 16.5. The summed E-state index contributed by atoms with van der Waals surface area (Å²) in [6, 6.07) is 6.08. The first-order valence-electron chi connectivity index (χ1n) is 6.93. The summed E-state index contributed by atoms with van der Waals surface area (Å²) in [7, 11) is 0. The number of ether oxygens (including phenoxy) is 1. The van der Waals surface area contributed by atoms with E-state index in [9.17, 15) is 5.26 Å². The van der Waals surface area contributed by atoms with Crippen LogP contribution in [0, 0.1) is 11.3 Å². The van der Waals surface area contributed by atoms with Crippen LogP contribution in [0.1, 0.15) is 44.4 Å². The molecule has 0 bridgehead atoms. The molecule has 0 spiro atoms. The van der Waals surface area contributed by atoms with Crippen LogP contribution < -0.4 is 4.90 Å². The van der Waals surface area contributed by atoms with E-state index in [1.54, 1.807) is 0 Å². The zero-order valence-electron chi connectivity index (χ0n) is 11.9. The van der Waals surface area contributed by atoms with E-state index in [1.165, 1.54) is 0 Å². The number of rotatable bonds is 3. The van der Waals surface area contributed by atoms with Gasteiger partial charge in [-0.3, -0.25) is 0 Å². The Morgan fingerprint density at radius 2 is 2.32 bits per heavy atom. The minimum atomic E-state index is 0.241. The third-order valence-corrected chi connectivity index (χ3v) is 3.50. The van der Waals surface area contributed by atoms with E-state index in [0.29, 0.717) is 18.1 Å². The lowest BCUT2D eigenvalue weighted by atomic mass is 10.1. The van der Waals surface area contributed by atoms with Gasteiger partial charge in [-0.2, -0.15) is 5.26 Å². The molecule has 1 aliphatic heterocycles. The van der Waals surface area contributed by atoms with Crippen LogP contribution in [0.2, 0.25) is 0 Å². The summed E-state index contributed by atoms with van der Waals surface area (Å²) < 4.78 is 5.68. The third kappa shape index (κ3) is 3.05. The van der Waals surface area contributed by atoms with Gasteiger partial charge in [0.05, 0.1) is 18.3 Å². The van der Waals surface area contributed by atoms with Crippen LogP contribution in [0.5, 0.6) is 0 Å². The van der Waals surface area contributed by atoms with Gasteiger partial charge in [-0.15, -0.1) is 0 Å². The van der Waals surface area contributed by atoms with Gasteiger partial charge in [-0.1, -0.05) is 20.8 Å². The van der Waals surface area contributed by atoms with Crippen LogP contribution >= 0.6 is 0 Å². The fraction of sp³-hybridized carbons (Fsp3) is 0.600. The fourth-order valence-corrected chi connectivity index (χ4v) is 2.27. The van der Waals surface area contributed by atoms with Crippen molar-refractivity contribution in [1.82, 2.24) is 4.98 Å². The van der Waals surface area contributed by atoms with Gasteiger partial charge >= 0.3 is 0 Å². The first-order valence-corrected chi connectivity index (χ1v) is 6.93. The molecular weight excluding hydrogens is 238 g/mol. The molecule has 2 heterocycles. The topological polar surface area (TPSA) is 49.2 Å². The molecule has 1 atom stereocenters. The standard InChI is InChI=1S/C15H21N3O/c1-4-13-10-18(7-8-19-13)15-12(9-16)5-6-14(17-15)11(2)3/h5-6,11,13H,4,7-8,10H2,1-3H3/t13-/m1/s1. The Bertz CT molecular complexity index is 479. The minimum absolute atomic E-state index is 0.241. The predicted octanol–water partition coefficient (Wildman–Crippen LogP) is 2.69. The number of nitrogens with zero attached hydrogens (tertiary/aromatic N) is 3. The second-order valence-electron chi connectivity index (χ2n) is 5.22. The second-order valence-corrected chi connectivity index (χ2v) is 5.22. The van der Waals surface area contributed by atoms with Gasteiger partial charge in [0.15, 0.2) is 0 Å². The first kappa shape index (κ1) is 13.8. The van der Waals surface area contributed by atoms with E-state index < -0.39 is 0 Å². The lowest BCUT2D eigenvalue weighted by Crippen LogP contribution is -2.43. The van der Waals surface area contributed by atoms with Crippen molar-refractivity contribution in [2.24, 2.45) is 0 Å². The Kier molecular flexibility index (Phi) is 4.39. The molecule has 0 amide bonds. The minimum Gasteiger partial charge on any atom is -0.375 e. The van der Waals surface area contributed by atoms with E-state index in [2.05, 4.69) is 36.7 Å².